The van der Waals surface area contributed by atoms with Crippen LogP contribution in [0.1, 0.15) is 12.5 Å². The van der Waals surface area contributed by atoms with Crippen LogP contribution in [0.2, 0.25) is 5.02 Å². The molecule has 1 N–H and O–H groups in total. The van der Waals surface area contributed by atoms with Crippen molar-refractivity contribution in [2.24, 2.45) is 0 Å². The van der Waals surface area contributed by atoms with Crippen LogP contribution in [0.5, 0.6) is 0 Å². The third-order valence-electron chi connectivity index (χ3n) is 4.08. The molecule has 2 heterocycles. The van der Waals surface area contributed by atoms with Crippen LogP contribution < -0.4 is 10.9 Å². The van der Waals surface area contributed by atoms with Crippen molar-refractivity contribution in [1.29, 1.82) is 5.26 Å². The van der Waals surface area contributed by atoms with E-state index < -0.39 is 5.25 Å². The van der Waals surface area contributed by atoms with Gasteiger partial charge in [-0.2, -0.15) is 5.26 Å². The van der Waals surface area contributed by atoms with Crippen molar-refractivity contribution in [3.8, 4) is 6.07 Å². The van der Waals surface area contributed by atoms with E-state index in [0.717, 1.165) is 11.8 Å². The van der Waals surface area contributed by atoms with Gasteiger partial charge in [0.25, 0.3) is 5.56 Å². The van der Waals surface area contributed by atoms with Crippen LogP contribution in [-0.2, 0) is 16.1 Å². The van der Waals surface area contributed by atoms with E-state index in [0.29, 0.717) is 44.8 Å². The molecule has 0 saturated heterocycles. The van der Waals surface area contributed by atoms with Gasteiger partial charge in [0.15, 0.2) is 5.16 Å². The van der Waals surface area contributed by atoms with E-state index in [1.54, 1.807) is 43.7 Å². The largest absolute Gasteiger partial charge is 0.383 e. The zero-order valence-electron chi connectivity index (χ0n) is 15.6. The number of amides is 1. The van der Waals surface area contributed by atoms with Crippen LogP contribution in [0, 0.1) is 11.3 Å². The summed E-state index contributed by atoms with van der Waals surface area (Å²) in [5.41, 5.74) is 0.663. The molecule has 3 rings (SSSR count). The molecule has 150 valence electrons. The summed E-state index contributed by atoms with van der Waals surface area (Å²) in [7, 11) is 1.55. The molecule has 10 heteroatoms. The molecule has 0 aliphatic carbocycles. The highest BCUT2D eigenvalue weighted by molar-refractivity contribution is 8.00. The Balaban J connectivity index is 1.91. The average Bonchev–Trinajstić information content (AvgIpc) is 3.14. The van der Waals surface area contributed by atoms with Crippen molar-refractivity contribution < 1.29 is 9.53 Å². The van der Waals surface area contributed by atoms with Gasteiger partial charge in [-0.1, -0.05) is 23.4 Å². The number of hydrogen-bond donors (Lipinski definition) is 1. The van der Waals surface area contributed by atoms with Crippen molar-refractivity contribution in [1.82, 2.24) is 9.55 Å². The molecule has 1 amide bonds. The summed E-state index contributed by atoms with van der Waals surface area (Å²) in [5.74, 6) is -0.285. The van der Waals surface area contributed by atoms with Gasteiger partial charge in [0.1, 0.15) is 11.1 Å². The van der Waals surface area contributed by atoms with Crippen LogP contribution in [0.3, 0.4) is 0 Å². The summed E-state index contributed by atoms with van der Waals surface area (Å²) in [6.07, 6.45) is 0. The maximum Gasteiger partial charge on any atom is 0.262 e. The van der Waals surface area contributed by atoms with Gasteiger partial charge < -0.3 is 10.1 Å². The molecule has 1 atom stereocenters. The number of methoxy groups -OCH3 is 1. The second kappa shape index (κ2) is 9.41. The topological polar surface area (TPSA) is 97.0 Å². The maximum atomic E-state index is 12.9. The Bertz CT molecular complexity index is 1150. The molecule has 0 saturated carbocycles. The minimum absolute atomic E-state index is 0.219. The van der Waals surface area contributed by atoms with E-state index in [1.807, 2.05) is 6.07 Å². The summed E-state index contributed by atoms with van der Waals surface area (Å²) in [6.45, 7) is 2.35. The zero-order chi connectivity index (χ0) is 21.0. The smallest absolute Gasteiger partial charge is 0.262 e. The number of thiophene rings is 1. The molecule has 1 aromatic carbocycles. The number of nitrogens with one attached hydrogen (secondary N) is 1. The maximum absolute atomic E-state index is 12.9. The van der Waals surface area contributed by atoms with Gasteiger partial charge in [0, 0.05) is 12.1 Å². The van der Waals surface area contributed by atoms with Crippen LogP contribution in [0.15, 0.2) is 39.6 Å². The van der Waals surface area contributed by atoms with Gasteiger partial charge in [-0.3, -0.25) is 14.2 Å². The Morgan fingerprint density at radius 1 is 1.48 bits per heavy atom. The van der Waals surface area contributed by atoms with E-state index in [-0.39, 0.29) is 11.5 Å². The summed E-state index contributed by atoms with van der Waals surface area (Å²) in [4.78, 5) is 30.1. The number of ether oxygens (including phenoxy) is 1. The number of thioether (sulfide) groups is 1. The van der Waals surface area contributed by atoms with E-state index >= 15 is 0 Å². The Kier molecular flexibility index (Phi) is 6.92. The lowest BCUT2D eigenvalue weighted by molar-refractivity contribution is -0.115. The number of nitrogens with zero attached hydrogens (tertiary/aromatic N) is 3. The highest BCUT2D eigenvalue weighted by Gasteiger charge is 2.21. The van der Waals surface area contributed by atoms with Crippen LogP contribution >= 0.6 is 34.7 Å². The number of carbonyl (C=O) groups excluding carboxylic acids is 1. The molecule has 3 aromatic rings. The van der Waals surface area contributed by atoms with Gasteiger partial charge in [-0.25, -0.2) is 4.98 Å². The first-order chi connectivity index (χ1) is 13.9. The summed E-state index contributed by atoms with van der Waals surface area (Å²) in [6, 6.07) is 8.59. The molecule has 0 fully saturated rings. The van der Waals surface area contributed by atoms with Gasteiger partial charge >= 0.3 is 0 Å². The van der Waals surface area contributed by atoms with Crippen molar-refractivity contribution in [2.45, 2.75) is 23.9 Å². The van der Waals surface area contributed by atoms with Crippen LogP contribution in [0.25, 0.3) is 10.9 Å². The van der Waals surface area contributed by atoms with E-state index in [2.05, 4.69) is 10.3 Å². The number of hydrogen-bond acceptors (Lipinski definition) is 7. The predicted octanol–water partition coefficient (Wildman–Crippen LogP) is 3.75. The molecular weight excluding hydrogens is 432 g/mol. The highest BCUT2D eigenvalue weighted by atomic mass is 35.5. The van der Waals surface area contributed by atoms with Crippen LogP contribution in [-0.4, -0.2) is 34.4 Å². The molecule has 0 spiro atoms. The molecule has 0 aliphatic rings. The monoisotopic (exact) mass is 448 g/mol. The first kappa shape index (κ1) is 21.3. The van der Waals surface area contributed by atoms with E-state index in [1.165, 1.54) is 15.9 Å². The number of rotatable bonds is 7. The average molecular weight is 449 g/mol. The normalized spacial score (nSPS) is 11.9. The standard InChI is InChI=1S/C19H17ClN4O3S2/c1-11(16(25)23-17-12(10-21)5-8-28-17)29-19-22-15-9-13(20)3-4-14(15)18(26)24(19)6-7-27-2/h3-5,8-9,11H,6-7H2,1-2H3,(H,23,25). The Morgan fingerprint density at radius 2 is 2.28 bits per heavy atom. The van der Waals surface area contributed by atoms with E-state index in [4.69, 9.17) is 21.6 Å². The molecule has 0 aliphatic heterocycles. The van der Waals surface area contributed by atoms with E-state index in [9.17, 15) is 9.59 Å². The van der Waals surface area contributed by atoms with Crippen molar-refractivity contribution >= 4 is 56.5 Å². The molecule has 0 radical (unpaired) electrons. The fourth-order valence-corrected chi connectivity index (χ4v) is 4.40. The SMILES string of the molecule is COCCn1c(SC(C)C(=O)Nc2sccc2C#N)nc2cc(Cl)ccc2c1=O. The molecule has 2 aromatic heterocycles. The Labute approximate surface area is 180 Å². The van der Waals surface area contributed by atoms with Crippen molar-refractivity contribution in [3.63, 3.8) is 0 Å². The highest BCUT2D eigenvalue weighted by Crippen LogP contribution is 2.27. The Hall–Kier alpha value is -2.38. The third kappa shape index (κ3) is 4.79. The number of fused-ring (bicyclic) bond motifs is 1. The van der Waals surface area contributed by atoms with Gasteiger partial charge in [0.2, 0.25) is 5.91 Å². The lowest BCUT2D eigenvalue weighted by Gasteiger charge is -2.16. The first-order valence-corrected chi connectivity index (χ1v) is 10.7. The van der Waals surface area contributed by atoms with Gasteiger partial charge in [-0.05, 0) is 36.6 Å². The first-order valence-electron chi connectivity index (χ1n) is 8.58. The molecule has 0 bridgehead atoms. The number of aromatic nitrogens is 2. The quantitative estimate of drug-likeness (QED) is 0.436. The number of carbonyl (C=O) groups is 1. The minimum atomic E-state index is -0.555. The summed E-state index contributed by atoms with van der Waals surface area (Å²) >= 11 is 8.49. The fourth-order valence-electron chi connectivity index (χ4n) is 2.56. The lowest BCUT2D eigenvalue weighted by atomic mass is 10.2. The number of halogens is 1. The predicted molar refractivity (Wildman–Crippen MR) is 116 cm³/mol. The zero-order valence-corrected chi connectivity index (χ0v) is 18.0. The molecule has 7 nitrogen and oxygen atoms in total. The second-order valence-electron chi connectivity index (χ2n) is 6.03. The molecular formula is C19H17ClN4O3S2. The third-order valence-corrected chi connectivity index (χ3v) is 6.23. The van der Waals surface area contributed by atoms with Gasteiger partial charge in [0.05, 0.1) is 34.9 Å². The Morgan fingerprint density at radius 3 is 3.00 bits per heavy atom. The molecule has 29 heavy (non-hydrogen) atoms. The number of anilines is 1. The van der Waals surface area contributed by atoms with Crippen LogP contribution in [0.4, 0.5) is 5.00 Å². The van der Waals surface area contributed by atoms with Gasteiger partial charge in [-0.15, -0.1) is 11.3 Å². The van der Waals surface area contributed by atoms with Crippen molar-refractivity contribution in [2.75, 3.05) is 19.0 Å². The minimum Gasteiger partial charge on any atom is -0.383 e. The lowest BCUT2D eigenvalue weighted by Crippen LogP contribution is -2.28. The molecule has 1 unspecified atom stereocenters. The summed E-state index contributed by atoms with van der Waals surface area (Å²) < 4.78 is 6.61. The number of benzene rings is 1. The summed E-state index contributed by atoms with van der Waals surface area (Å²) in [5, 5.41) is 14.9. The second-order valence-corrected chi connectivity index (χ2v) is 8.69. The van der Waals surface area contributed by atoms with Crippen molar-refractivity contribution in [3.05, 3.63) is 50.6 Å². The fraction of sp³-hybridized carbons (Fsp3) is 0.263. The number of nitriles is 1.